The molecule has 0 aromatic heterocycles. The molecule has 0 saturated heterocycles. The van der Waals surface area contributed by atoms with Crippen molar-refractivity contribution in [1.29, 1.82) is 0 Å². The molecule has 0 spiro atoms. The molecule has 2 rings (SSSR count). The molecule has 2 aromatic carbocycles. The lowest BCUT2D eigenvalue weighted by atomic mass is 10.0. The summed E-state index contributed by atoms with van der Waals surface area (Å²) in [6.07, 6.45) is 0.411. The van der Waals surface area contributed by atoms with E-state index < -0.39 is 34.8 Å². The van der Waals surface area contributed by atoms with Gasteiger partial charge in [-0.1, -0.05) is 48.5 Å². The molecule has 0 heterocycles. The Bertz CT molecular complexity index is 874. The third kappa shape index (κ3) is 7.44. The molecule has 0 aliphatic heterocycles. The highest BCUT2D eigenvalue weighted by Crippen LogP contribution is 2.09. The van der Waals surface area contributed by atoms with E-state index in [0.717, 1.165) is 5.56 Å². The average Bonchev–Trinajstić information content (AvgIpc) is 2.76. The zero-order valence-electron chi connectivity index (χ0n) is 17.0. The molecule has 30 heavy (non-hydrogen) atoms. The van der Waals surface area contributed by atoms with E-state index in [-0.39, 0.29) is 24.5 Å². The fourth-order valence-electron chi connectivity index (χ4n) is 2.88. The number of rotatable bonds is 10. The van der Waals surface area contributed by atoms with E-state index in [1.54, 1.807) is 24.3 Å². The maximum absolute atomic E-state index is 12.8. The topological polar surface area (TPSA) is 102 Å². The molecule has 3 atom stereocenters. The number of amides is 2. The minimum Gasteiger partial charge on any atom is -0.467 e. The lowest BCUT2D eigenvalue weighted by molar-refractivity contribution is -0.145. The van der Waals surface area contributed by atoms with E-state index in [9.17, 15) is 18.6 Å². The summed E-state index contributed by atoms with van der Waals surface area (Å²) in [4.78, 5) is 37.2. The number of ether oxygens (including phenoxy) is 1. The number of carbonyl (C=O) groups is 3. The van der Waals surface area contributed by atoms with Gasteiger partial charge in [0.05, 0.1) is 17.9 Å². The van der Waals surface area contributed by atoms with Crippen LogP contribution in [0.5, 0.6) is 0 Å². The van der Waals surface area contributed by atoms with Gasteiger partial charge < -0.3 is 15.4 Å². The Labute approximate surface area is 178 Å². The van der Waals surface area contributed by atoms with Crippen LogP contribution >= 0.6 is 0 Å². The van der Waals surface area contributed by atoms with Gasteiger partial charge in [-0.25, -0.2) is 4.79 Å². The standard InChI is InChI=1S/C22H26N2O5S/c1-16(25)23-20(15-17-9-5-3-6-10-17)21(26)24-19(22(27)29-2)13-14-30(28)18-11-7-4-8-12-18/h3-12,19-20H,13-15H2,1-2H3,(H,23,25)(H,24,26)/t19-,20-,30+/m1/s1. The predicted octanol–water partition coefficient (Wildman–Crippen LogP) is 1.59. The van der Waals surface area contributed by atoms with Crippen LogP contribution in [0.15, 0.2) is 65.6 Å². The SMILES string of the molecule is COC(=O)[C@@H](CC[S@](=O)c1ccccc1)NC(=O)[C@@H](Cc1ccccc1)NC(C)=O. The maximum atomic E-state index is 12.8. The highest BCUT2D eigenvalue weighted by Gasteiger charge is 2.27. The number of carbonyl (C=O) groups excluding carboxylic acids is 3. The number of nitrogens with one attached hydrogen (secondary N) is 2. The quantitative estimate of drug-likeness (QED) is 0.558. The number of esters is 1. The molecule has 2 N–H and O–H groups in total. The van der Waals surface area contributed by atoms with Gasteiger partial charge in [0.2, 0.25) is 11.8 Å². The van der Waals surface area contributed by atoms with Crippen LogP contribution < -0.4 is 10.6 Å². The Hall–Kier alpha value is -3.00. The molecular weight excluding hydrogens is 404 g/mol. The van der Waals surface area contributed by atoms with Crippen molar-refractivity contribution in [2.75, 3.05) is 12.9 Å². The van der Waals surface area contributed by atoms with Crippen molar-refractivity contribution in [3.05, 3.63) is 66.2 Å². The summed E-state index contributed by atoms with van der Waals surface area (Å²) < 4.78 is 17.2. The van der Waals surface area contributed by atoms with E-state index >= 15 is 0 Å². The lowest BCUT2D eigenvalue weighted by Gasteiger charge is -2.22. The zero-order chi connectivity index (χ0) is 21.9. The molecule has 0 fully saturated rings. The summed E-state index contributed by atoms with van der Waals surface area (Å²) in [5.41, 5.74) is 0.867. The third-order valence-corrected chi connectivity index (χ3v) is 5.78. The Morgan fingerprint density at radius 3 is 2.10 bits per heavy atom. The average molecular weight is 431 g/mol. The van der Waals surface area contributed by atoms with Gasteiger partial charge in [0.15, 0.2) is 0 Å². The van der Waals surface area contributed by atoms with E-state index in [4.69, 9.17) is 4.74 Å². The highest BCUT2D eigenvalue weighted by atomic mass is 32.2. The molecule has 0 bridgehead atoms. The largest absolute Gasteiger partial charge is 0.467 e. The lowest BCUT2D eigenvalue weighted by Crippen LogP contribution is -2.52. The summed E-state index contributed by atoms with van der Waals surface area (Å²) in [6.45, 7) is 1.33. The Morgan fingerprint density at radius 1 is 0.933 bits per heavy atom. The summed E-state index contributed by atoms with van der Waals surface area (Å²) in [5.74, 6) is -1.32. The van der Waals surface area contributed by atoms with Gasteiger partial charge in [-0.2, -0.15) is 0 Å². The zero-order valence-corrected chi connectivity index (χ0v) is 17.8. The summed E-state index contributed by atoms with van der Waals surface area (Å²) in [5, 5.41) is 5.26. The Kier molecular flexibility index (Phi) is 9.21. The van der Waals surface area contributed by atoms with Gasteiger partial charge in [0.1, 0.15) is 12.1 Å². The molecule has 160 valence electrons. The monoisotopic (exact) mass is 430 g/mol. The van der Waals surface area contributed by atoms with Crippen molar-refractivity contribution in [3.63, 3.8) is 0 Å². The van der Waals surface area contributed by atoms with Gasteiger partial charge in [-0.05, 0) is 24.1 Å². The van der Waals surface area contributed by atoms with E-state index in [0.29, 0.717) is 4.90 Å². The van der Waals surface area contributed by atoms with Crippen LogP contribution in [-0.2, 0) is 36.3 Å². The number of hydrogen-bond acceptors (Lipinski definition) is 5. The van der Waals surface area contributed by atoms with E-state index in [1.807, 2.05) is 36.4 Å². The van der Waals surface area contributed by atoms with Crippen LogP contribution in [0.4, 0.5) is 0 Å². The second-order valence-electron chi connectivity index (χ2n) is 6.68. The first-order valence-corrected chi connectivity index (χ1v) is 10.8. The third-order valence-electron chi connectivity index (χ3n) is 4.38. The highest BCUT2D eigenvalue weighted by molar-refractivity contribution is 7.85. The molecule has 7 nitrogen and oxygen atoms in total. The molecule has 0 aliphatic rings. The molecular formula is C22H26N2O5S. The minimum absolute atomic E-state index is 0.137. The molecule has 0 aliphatic carbocycles. The second kappa shape index (κ2) is 11.9. The Morgan fingerprint density at radius 2 is 1.53 bits per heavy atom. The first-order valence-electron chi connectivity index (χ1n) is 9.53. The van der Waals surface area contributed by atoms with Crippen molar-refractivity contribution in [3.8, 4) is 0 Å². The van der Waals surface area contributed by atoms with Crippen molar-refractivity contribution < 1.29 is 23.3 Å². The maximum Gasteiger partial charge on any atom is 0.328 e. The van der Waals surface area contributed by atoms with E-state index in [1.165, 1.54) is 14.0 Å². The van der Waals surface area contributed by atoms with Crippen LogP contribution in [0.25, 0.3) is 0 Å². The van der Waals surface area contributed by atoms with E-state index in [2.05, 4.69) is 10.6 Å². The normalized spacial score (nSPS) is 13.5. The first kappa shape index (κ1) is 23.3. The molecule has 0 saturated carbocycles. The fraction of sp³-hybridized carbons (Fsp3) is 0.318. The van der Waals surface area contributed by atoms with Crippen LogP contribution in [0.3, 0.4) is 0 Å². The van der Waals surface area contributed by atoms with Gasteiger partial charge in [0, 0.05) is 24.0 Å². The van der Waals surface area contributed by atoms with Gasteiger partial charge in [-0.3, -0.25) is 13.8 Å². The van der Waals surface area contributed by atoms with Gasteiger partial charge >= 0.3 is 5.97 Å². The van der Waals surface area contributed by atoms with Crippen molar-refractivity contribution >= 4 is 28.6 Å². The predicted molar refractivity (Wildman–Crippen MR) is 114 cm³/mol. The van der Waals surface area contributed by atoms with Crippen molar-refractivity contribution in [2.24, 2.45) is 0 Å². The molecule has 0 radical (unpaired) electrons. The summed E-state index contributed by atoms with van der Waals surface area (Å²) in [7, 11) is -0.0904. The van der Waals surface area contributed by atoms with Crippen LogP contribution in [0, 0.1) is 0 Å². The molecule has 8 heteroatoms. The smallest absolute Gasteiger partial charge is 0.328 e. The van der Waals surface area contributed by atoms with Crippen LogP contribution in [0.2, 0.25) is 0 Å². The van der Waals surface area contributed by atoms with Gasteiger partial charge in [-0.15, -0.1) is 0 Å². The molecule has 2 amide bonds. The second-order valence-corrected chi connectivity index (χ2v) is 8.25. The number of benzene rings is 2. The molecule has 0 unspecified atom stereocenters. The fourth-order valence-corrected chi connectivity index (χ4v) is 4.03. The van der Waals surface area contributed by atoms with Crippen LogP contribution in [-0.4, -0.2) is 46.9 Å². The first-order chi connectivity index (χ1) is 14.4. The number of methoxy groups -OCH3 is 1. The van der Waals surface area contributed by atoms with Crippen molar-refractivity contribution in [2.45, 2.75) is 36.7 Å². The summed E-state index contributed by atoms with van der Waals surface area (Å²) >= 11 is 0. The van der Waals surface area contributed by atoms with Crippen LogP contribution in [0.1, 0.15) is 18.9 Å². The summed E-state index contributed by atoms with van der Waals surface area (Å²) in [6, 6.07) is 16.3. The number of hydrogen-bond donors (Lipinski definition) is 2. The molecule has 2 aromatic rings. The van der Waals surface area contributed by atoms with Gasteiger partial charge in [0.25, 0.3) is 0 Å². The Balaban J connectivity index is 2.06. The van der Waals surface area contributed by atoms with Crippen molar-refractivity contribution in [1.82, 2.24) is 10.6 Å². The minimum atomic E-state index is -1.32.